The van der Waals surface area contributed by atoms with Crippen LogP contribution in [0.1, 0.15) is 13.3 Å². The zero-order valence-corrected chi connectivity index (χ0v) is 16.5. The van der Waals surface area contributed by atoms with Crippen LogP contribution >= 0.6 is 0 Å². The van der Waals surface area contributed by atoms with E-state index in [1.54, 1.807) is 28.2 Å². The van der Waals surface area contributed by atoms with E-state index in [1.807, 2.05) is 27.7 Å². The Morgan fingerprint density at radius 3 is 2.71 bits per heavy atom. The summed E-state index contributed by atoms with van der Waals surface area (Å²) in [5.74, 6) is 2.29. The second kappa shape index (κ2) is 6.81. The zero-order chi connectivity index (χ0) is 20.0. The van der Waals surface area contributed by atoms with Gasteiger partial charge < -0.3 is 9.47 Å². The minimum Gasteiger partial charge on any atom is -0.497 e. The average Bonchev–Trinajstić information content (AvgIpc) is 3.12. The first-order valence-corrected chi connectivity index (χ1v) is 9.32. The molecular formula is C19H24N5O4+. The van der Waals surface area contributed by atoms with E-state index in [9.17, 15) is 9.59 Å². The number of amidine groups is 1. The molecule has 4 rings (SSSR count). The maximum Gasteiger partial charge on any atom is 0.397 e. The molecule has 0 N–H and O–H groups in total. The van der Waals surface area contributed by atoms with Gasteiger partial charge in [0.2, 0.25) is 11.9 Å². The van der Waals surface area contributed by atoms with E-state index in [2.05, 4.69) is 0 Å². The van der Waals surface area contributed by atoms with Gasteiger partial charge in [-0.2, -0.15) is 0 Å². The minimum atomic E-state index is -0.565. The number of guanidine groups is 1. The van der Waals surface area contributed by atoms with Crippen LogP contribution in [0.2, 0.25) is 0 Å². The molecule has 9 heteroatoms. The second-order valence-electron chi connectivity index (χ2n) is 6.83. The third-order valence-electron chi connectivity index (χ3n) is 5.41. The lowest BCUT2D eigenvalue weighted by Crippen LogP contribution is -2.63. The highest BCUT2D eigenvalue weighted by Gasteiger charge is 2.54. The third-order valence-corrected chi connectivity index (χ3v) is 5.41. The molecule has 3 aliphatic rings. The summed E-state index contributed by atoms with van der Waals surface area (Å²) in [5.41, 5.74) is 0.847. The standard InChI is InChI=1S/C19H24N5O4/c1-5-22-17(25)15-16(21(2)19(22)26)20-18-23(9-6-10-24(15)18)13-8-7-12(27-3)11-14(13)28-4/h7-8,11,15H,5-6,9-10H2,1-4H3/q+1. The molecule has 0 aromatic heterocycles. The number of nitrogens with zero attached hydrogens (tertiary/aromatic N) is 5. The third kappa shape index (κ3) is 2.53. The van der Waals surface area contributed by atoms with E-state index in [0.717, 1.165) is 18.7 Å². The highest BCUT2D eigenvalue weighted by atomic mass is 16.5. The number of imide groups is 1. The summed E-state index contributed by atoms with van der Waals surface area (Å²) in [6.07, 6.45) is 0.856. The monoisotopic (exact) mass is 386 g/mol. The van der Waals surface area contributed by atoms with Crippen molar-refractivity contribution in [3.05, 3.63) is 18.2 Å². The van der Waals surface area contributed by atoms with Gasteiger partial charge in [0.15, 0.2) is 5.75 Å². The quantitative estimate of drug-likeness (QED) is 0.721. The number of hydrogen-bond donors (Lipinski definition) is 0. The van der Waals surface area contributed by atoms with Crippen LogP contribution in [0.25, 0.3) is 0 Å². The number of benzene rings is 1. The number of methoxy groups -OCH3 is 2. The lowest BCUT2D eigenvalue weighted by molar-refractivity contribution is -0.539. The Bertz CT molecular complexity index is 910. The molecule has 1 fully saturated rings. The number of carbonyl (C=O) groups excluding carboxylic acids is 2. The van der Waals surface area contributed by atoms with Gasteiger partial charge in [0, 0.05) is 26.1 Å². The van der Waals surface area contributed by atoms with Gasteiger partial charge in [-0.25, -0.2) is 14.3 Å². The Morgan fingerprint density at radius 1 is 1.25 bits per heavy atom. The fraction of sp³-hybridized carbons (Fsp3) is 0.474. The van der Waals surface area contributed by atoms with E-state index in [-0.39, 0.29) is 11.9 Å². The Hall–Kier alpha value is -3.10. The van der Waals surface area contributed by atoms with Crippen molar-refractivity contribution < 1.29 is 23.6 Å². The van der Waals surface area contributed by atoms with E-state index >= 15 is 0 Å². The number of rotatable bonds is 4. The lowest BCUT2D eigenvalue weighted by Gasteiger charge is -2.34. The van der Waals surface area contributed by atoms with Gasteiger partial charge in [0.05, 0.1) is 27.3 Å². The first-order valence-electron chi connectivity index (χ1n) is 9.32. The number of ether oxygens (including phenoxy) is 2. The van der Waals surface area contributed by atoms with Crippen LogP contribution in [-0.2, 0) is 4.79 Å². The van der Waals surface area contributed by atoms with Crippen molar-refractivity contribution >= 4 is 29.4 Å². The molecule has 0 aliphatic carbocycles. The molecule has 1 unspecified atom stereocenters. The van der Waals surface area contributed by atoms with Gasteiger partial charge in [0.25, 0.3) is 5.91 Å². The zero-order valence-electron chi connectivity index (χ0n) is 16.5. The van der Waals surface area contributed by atoms with E-state index < -0.39 is 6.04 Å². The SMILES string of the molecule is CCN1C(=O)C2C(=NC3=[N+]2CCCN3c2ccc(OC)cc2OC)N(C)C1=O. The summed E-state index contributed by atoms with van der Waals surface area (Å²) in [6, 6.07) is 4.71. The van der Waals surface area contributed by atoms with E-state index in [0.29, 0.717) is 36.4 Å². The molecule has 28 heavy (non-hydrogen) atoms. The average molecular weight is 386 g/mol. The molecule has 0 saturated carbocycles. The Kier molecular flexibility index (Phi) is 4.44. The number of aliphatic imine (C=N–C) groups is 1. The van der Waals surface area contributed by atoms with Crippen LogP contribution in [0.3, 0.4) is 0 Å². The summed E-state index contributed by atoms with van der Waals surface area (Å²) >= 11 is 0. The molecular weight excluding hydrogens is 362 g/mol. The molecule has 9 nitrogen and oxygen atoms in total. The number of urea groups is 1. The summed E-state index contributed by atoms with van der Waals surface area (Å²) < 4.78 is 12.8. The van der Waals surface area contributed by atoms with E-state index in [4.69, 9.17) is 14.5 Å². The summed E-state index contributed by atoms with van der Waals surface area (Å²) in [6.45, 7) is 3.58. The van der Waals surface area contributed by atoms with Crippen molar-refractivity contribution in [1.29, 1.82) is 0 Å². The van der Waals surface area contributed by atoms with Gasteiger partial charge in [-0.1, -0.05) is 4.99 Å². The maximum atomic E-state index is 13.0. The summed E-state index contributed by atoms with van der Waals surface area (Å²) in [7, 11) is 4.89. The molecule has 1 atom stereocenters. The van der Waals surface area contributed by atoms with Gasteiger partial charge in [-0.3, -0.25) is 14.6 Å². The summed E-state index contributed by atoms with van der Waals surface area (Å²) in [4.78, 5) is 35.0. The van der Waals surface area contributed by atoms with Gasteiger partial charge in [0.1, 0.15) is 11.4 Å². The number of likely N-dealkylation sites (N-methyl/N-ethyl adjacent to an activating group) is 2. The highest BCUT2D eigenvalue weighted by molar-refractivity contribution is 6.24. The molecule has 0 bridgehead atoms. The lowest BCUT2D eigenvalue weighted by atomic mass is 10.1. The molecule has 1 aromatic carbocycles. The molecule has 3 heterocycles. The van der Waals surface area contributed by atoms with Crippen molar-refractivity contribution in [2.75, 3.05) is 45.8 Å². The molecule has 1 saturated heterocycles. The van der Waals surface area contributed by atoms with Crippen LogP contribution in [0, 0.1) is 0 Å². The van der Waals surface area contributed by atoms with E-state index in [1.165, 1.54) is 9.80 Å². The number of anilines is 1. The Balaban J connectivity index is 1.79. The predicted octanol–water partition coefficient (Wildman–Crippen LogP) is 0.977. The van der Waals surface area contributed by atoms with Crippen LogP contribution in [0.4, 0.5) is 10.5 Å². The number of hydrogen-bond acceptors (Lipinski definition) is 6. The normalized spacial score (nSPS) is 21.6. The fourth-order valence-corrected chi connectivity index (χ4v) is 3.98. The first kappa shape index (κ1) is 18.3. The molecule has 148 valence electrons. The minimum absolute atomic E-state index is 0.220. The largest absolute Gasteiger partial charge is 0.497 e. The molecule has 3 amide bonds. The van der Waals surface area contributed by atoms with Crippen molar-refractivity contribution in [1.82, 2.24) is 9.80 Å². The van der Waals surface area contributed by atoms with Gasteiger partial charge in [-0.05, 0) is 19.1 Å². The molecule has 3 aliphatic heterocycles. The number of fused-ring (bicyclic) bond motifs is 2. The van der Waals surface area contributed by atoms with Crippen LogP contribution in [0.5, 0.6) is 11.5 Å². The van der Waals surface area contributed by atoms with Crippen molar-refractivity contribution in [2.24, 2.45) is 4.99 Å². The van der Waals surface area contributed by atoms with Crippen LogP contribution in [-0.4, -0.2) is 85.1 Å². The number of amides is 3. The van der Waals surface area contributed by atoms with Gasteiger partial charge >= 0.3 is 12.0 Å². The maximum absolute atomic E-state index is 13.0. The van der Waals surface area contributed by atoms with Crippen molar-refractivity contribution in [3.63, 3.8) is 0 Å². The van der Waals surface area contributed by atoms with Crippen molar-refractivity contribution in [3.8, 4) is 11.5 Å². The Morgan fingerprint density at radius 2 is 2.04 bits per heavy atom. The molecule has 0 radical (unpaired) electrons. The summed E-state index contributed by atoms with van der Waals surface area (Å²) in [5, 5.41) is 0. The van der Waals surface area contributed by atoms with Crippen LogP contribution < -0.4 is 14.4 Å². The smallest absolute Gasteiger partial charge is 0.397 e. The highest BCUT2D eigenvalue weighted by Crippen LogP contribution is 2.35. The van der Waals surface area contributed by atoms with Gasteiger partial charge in [-0.15, -0.1) is 0 Å². The predicted molar refractivity (Wildman–Crippen MR) is 103 cm³/mol. The molecule has 0 spiro atoms. The first-order chi connectivity index (χ1) is 13.5. The second-order valence-corrected chi connectivity index (χ2v) is 6.83. The molecule has 1 aromatic rings. The van der Waals surface area contributed by atoms with Crippen LogP contribution in [0.15, 0.2) is 23.2 Å². The Labute approximate surface area is 163 Å². The number of carbonyl (C=O) groups is 2. The van der Waals surface area contributed by atoms with Crippen molar-refractivity contribution in [2.45, 2.75) is 19.4 Å². The topological polar surface area (TPSA) is 77.7 Å². The fourth-order valence-electron chi connectivity index (χ4n) is 3.98.